The van der Waals surface area contributed by atoms with Gasteiger partial charge in [0.2, 0.25) is 5.78 Å². The van der Waals surface area contributed by atoms with Crippen LogP contribution in [-0.2, 0) is 14.3 Å². The second kappa shape index (κ2) is 12.4. The first-order valence-corrected chi connectivity index (χ1v) is 16.0. The van der Waals surface area contributed by atoms with Gasteiger partial charge >= 0.3 is 0 Å². The molecule has 6 nitrogen and oxygen atoms in total. The number of benzene rings is 1. The zero-order valence-corrected chi connectivity index (χ0v) is 29.6. The molecule has 0 amide bonds. The Morgan fingerprint density at radius 3 is 1.96 bits per heavy atom. The van der Waals surface area contributed by atoms with Crippen LogP contribution in [0.25, 0.3) is 5.76 Å². The summed E-state index contributed by atoms with van der Waals surface area (Å²) < 4.78 is 14.8. The summed E-state index contributed by atoms with van der Waals surface area (Å²) in [4.78, 5) is 15.8. The molecule has 2 heterocycles. The van der Waals surface area contributed by atoms with Crippen LogP contribution in [0.3, 0.4) is 0 Å². The van der Waals surface area contributed by atoms with Gasteiger partial charge in [0, 0.05) is 53.9 Å². The fraction of sp³-hybridized carbons (Fsp3) is 0.317. The van der Waals surface area contributed by atoms with Crippen LogP contribution in [-0.4, -0.2) is 49.4 Å². The van der Waals surface area contributed by atoms with E-state index in [0.29, 0.717) is 22.7 Å². The first kappa shape index (κ1) is 33.5. The number of aliphatic hydroxyl groups excluding tert-OH is 1. The summed E-state index contributed by atoms with van der Waals surface area (Å²) in [5.74, 6) is 2.78. The lowest BCUT2D eigenvalue weighted by Gasteiger charge is -2.30. The molecule has 0 radical (unpaired) electrons. The topological polar surface area (TPSA) is 62.0 Å². The van der Waals surface area contributed by atoms with Crippen molar-refractivity contribution < 1.29 is 24.0 Å². The van der Waals surface area contributed by atoms with Gasteiger partial charge in [-0.3, -0.25) is 4.79 Å². The van der Waals surface area contributed by atoms with E-state index in [1.807, 2.05) is 101 Å². The maximum atomic E-state index is 13.7. The Morgan fingerprint density at radius 2 is 1.43 bits per heavy atom. The molecule has 1 aromatic rings. The van der Waals surface area contributed by atoms with Gasteiger partial charge < -0.3 is 19.5 Å². The smallest absolute Gasteiger partial charge is 0.200 e. The molecule has 0 atom stereocenters. The Kier molecular flexibility index (Phi) is 8.85. The molecule has 5 rings (SSSR count). The standard InChI is InChI=1S/C41H46N2O4/c1-25(29-23-34(47-36(24-29)41(5,6)7)28-14-18-31(19-15-28)43(10)11)37-38(44)32(39(37)45)20-26-21-33(46-35(22-26)40(2,3)4)27-12-16-30(17-13-27)42(8)9/h12-24H,1-11H3/p+1. The van der Waals surface area contributed by atoms with Crippen LogP contribution in [0.4, 0.5) is 5.69 Å². The summed E-state index contributed by atoms with van der Waals surface area (Å²) in [6.45, 7) is 14.4. The second-order valence-electron chi connectivity index (χ2n) is 14.8. The predicted molar refractivity (Wildman–Crippen MR) is 192 cm³/mol. The summed E-state index contributed by atoms with van der Waals surface area (Å²) in [6, 6.07) is 8.16. The molecule has 2 aliphatic carbocycles. The first-order chi connectivity index (χ1) is 21.9. The highest BCUT2D eigenvalue weighted by molar-refractivity contribution is 6.21. The fourth-order valence-electron chi connectivity index (χ4n) is 5.41. The van der Waals surface area contributed by atoms with Crippen molar-refractivity contribution in [1.82, 2.24) is 0 Å². The van der Waals surface area contributed by atoms with Crippen molar-refractivity contribution in [2.45, 2.75) is 48.5 Å². The molecule has 0 aromatic heterocycles. The molecule has 0 saturated carbocycles. The number of aliphatic hydroxyl groups is 1. The molecule has 47 heavy (non-hydrogen) atoms. The van der Waals surface area contributed by atoms with Crippen molar-refractivity contribution in [3.05, 3.63) is 141 Å². The number of carbonyl (C=O) groups excluding carboxylic acids is 1. The average molecular weight is 632 g/mol. The number of nitrogens with zero attached hydrogens (tertiary/aromatic N) is 2. The number of hydrogen-bond acceptors (Lipinski definition) is 5. The Morgan fingerprint density at radius 1 is 0.830 bits per heavy atom. The van der Waals surface area contributed by atoms with Crippen molar-refractivity contribution in [3.63, 3.8) is 0 Å². The number of Topliss-reactive ketones (excluding diaryl/α,β-unsaturated/α-hetero) is 1. The van der Waals surface area contributed by atoms with Crippen molar-refractivity contribution >= 4 is 22.9 Å². The molecule has 0 unspecified atom stereocenters. The predicted octanol–water partition coefficient (Wildman–Crippen LogP) is 8.67. The van der Waals surface area contributed by atoms with Crippen LogP contribution in [0.2, 0.25) is 0 Å². The highest BCUT2D eigenvalue weighted by Crippen LogP contribution is 2.42. The van der Waals surface area contributed by atoms with Crippen molar-refractivity contribution in [2.24, 2.45) is 10.8 Å². The summed E-state index contributed by atoms with van der Waals surface area (Å²) in [5.41, 5.74) is 6.45. The maximum absolute atomic E-state index is 13.7. The Labute approximate surface area is 279 Å². The minimum Gasteiger partial charge on any atom is -0.506 e. The van der Waals surface area contributed by atoms with E-state index in [1.165, 1.54) is 0 Å². The molecule has 0 saturated heterocycles. The Balaban J connectivity index is 1.55. The molecule has 0 spiro atoms. The number of allylic oxidation sites excluding steroid dienone is 17. The summed E-state index contributed by atoms with van der Waals surface area (Å²) in [6.07, 6.45) is 17.7. The zero-order valence-electron chi connectivity index (χ0n) is 29.6. The van der Waals surface area contributed by atoms with E-state index in [9.17, 15) is 9.90 Å². The lowest BCUT2D eigenvalue weighted by atomic mass is 9.80. The maximum Gasteiger partial charge on any atom is 0.200 e. The normalized spacial score (nSPS) is 20.3. The molecule has 0 fully saturated rings. The van der Waals surface area contributed by atoms with Crippen molar-refractivity contribution in [3.8, 4) is 0 Å². The first-order valence-electron chi connectivity index (χ1n) is 16.0. The molecular formula is C41H47N2O4+. The van der Waals surface area contributed by atoms with Gasteiger partial charge in [0.1, 0.15) is 42.9 Å². The van der Waals surface area contributed by atoms with E-state index in [-0.39, 0.29) is 27.9 Å². The second-order valence-corrected chi connectivity index (χ2v) is 14.8. The number of anilines is 1. The third-order valence-electron chi connectivity index (χ3n) is 8.51. The molecule has 1 aromatic carbocycles. The molecule has 0 bridgehead atoms. The molecular weight excluding hydrogens is 584 g/mol. The lowest BCUT2D eigenvalue weighted by molar-refractivity contribution is -0.462. The highest BCUT2D eigenvalue weighted by atomic mass is 16.5. The van der Waals surface area contributed by atoms with Gasteiger partial charge in [-0.15, -0.1) is 0 Å². The molecule has 244 valence electrons. The van der Waals surface area contributed by atoms with Crippen LogP contribution < -0.4 is 4.90 Å². The Bertz CT molecular complexity index is 1860. The van der Waals surface area contributed by atoms with Crippen molar-refractivity contribution in [1.29, 1.82) is 0 Å². The van der Waals surface area contributed by atoms with Crippen LogP contribution in [0.5, 0.6) is 0 Å². The Hall–Kier alpha value is -4.84. The third-order valence-corrected chi connectivity index (χ3v) is 8.51. The zero-order chi connectivity index (χ0) is 34.4. The van der Waals surface area contributed by atoms with E-state index in [4.69, 9.17) is 9.47 Å². The van der Waals surface area contributed by atoms with Gasteiger partial charge in [-0.2, -0.15) is 0 Å². The number of rotatable bonds is 4. The van der Waals surface area contributed by atoms with Gasteiger partial charge in [-0.25, -0.2) is 4.58 Å². The largest absolute Gasteiger partial charge is 0.506 e. The van der Waals surface area contributed by atoms with E-state index < -0.39 is 0 Å². The monoisotopic (exact) mass is 631 g/mol. The molecule has 2 aliphatic heterocycles. The fourth-order valence-corrected chi connectivity index (χ4v) is 5.41. The minimum atomic E-state index is -0.270. The van der Waals surface area contributed by atoms with E-state index >= 15 is 0 Å². The molecule has 4 aliphatic rings. The summed E-state index contributed by atoms with van der Waals surface area (Å²) in [5, 5.41) is 11.3. The van der Waals surface area contributed by atoms with E-state index in [1.54, 1.807) is 6.08 Å². The average Bonchev–Trinajstić information content (AvgIpc) is 3.02. The SMILES string of the molecule is CC(C1=CC(=C2C=CC(=[N+](C)C)C=C2)OC(C(C)(C)C)=C1)=C1C(=O)C(C=C2C=C(c3ccc(N(C)C)cc3)OC(C(C)(C)C)=C2)=C1O. The van der Waals surface area contributed by atoms with E-state index in [0.717, 1.165) is 45.2 Å². The van der Waals surface area contributed by atoms with Crippen LogP contribution in [0.1, 0.15) is 54.0 Å². The quantitative estimate of drug-likeness (QED) is 0.266. The number of carbonyl (C=O) groups is 1. The van der Waals surface area contributed by atoms with Gasteiger partial charge in [-0.05, 0) is 90.4 Å². The highest BCUT2D eigenvalue weighted by Gasteiger charge is 2.36. The van der Waals surface area contributed by atoms with Gasteiger partial charge in [0.25, 0.3) is 0 Å². The van der Waals surface area contributed by atoms with Gasteiger partial charge in [0.05, 0.1) is 11.1 Å². The molecule has 6 heteroatoms. The number of ketones is 1. The molecule has 1 N–H and O–H groups in total. The lowest BCUT2D eigenvalue weighted by Crippen LogP contribution is -2.24. The number of ether oxygens (including phenoxy) is 2. The van der Waals surface area contributed by atoms with E-state index in [2.05, 4.69) is 58.3 Å². The van der Waals surface area contributed by atoms with Crippen molar-refractivity contribution in [2.75, 3.05) is 33.1 Å². The van der Waals surface area contributed by atoms with Crippen LogP contribution >= 0.6 is 0 Å². The van der Waals surface area contributed by atoms with Gasteiger partial charge in [-0.1, -0.05) is 41.5 Å². The van der Waals surface area contributed by atoms with Crippen LogP contribution in [0.15, 0.2) is 135 Å². The third kappa shape index (κ3) is 6.97. The summed E-state index contributed by atoms with van der Waals surface area (Å²) in [7, 11) is 8.03. The summed E-state index contributed by atoms with van der Waals surface area (Å²) >= 11 is 0. The number of hydrogen-bond donors (Lipinski definition) is 1. The van der Waals surface area contributed by atoms with Gasteiger partial charge in [0.15, 0.2) is 5.71 Å². The van der Waals surface area contributed by atoms with Crippen LogP contribution in [0, 0.1) is 10.8 Å². The minimum absolute atomic E-state index is 0.00234.